The number of hydrazone groups is 1. The Morgan fingerprint density at radius 1 is 1.05 bits per heavy atom. The quantitative estimate of drug-likeness (QED) is 0.488. The predicted molar refractivity (Wildman–Crippen MR) is 74.0 cm³/mol. The Labute approximate surface area is 111 Å². The van der Waals surface area contributed by atoms with Crippen LogP contribution in [0, 0.1) is 0 Å². The van der Waals surface area contributed by atoms with E-state index in [0.717, 1.165) is 16.9 Å². The second kappa shape index (κ2) is 6.96. The van der Waals surface area contributed by atoms with E-state index in [4.69, 9.17) is 4.74 Å². The van der Waals surface area contributed by atoms with Crippen molar-refractivity contribution >= 4 is 12.6 Å². The van der Waals surface area contributed by atoms with E-state index in [2.05, 4.69) is 10.5 Å². The molecule has 0 radical (unpaired) electrons. The largest absolute Gasteiger partial charge is 0.489 e. The summed E-state index contributed by atoms with van der Waals surface area (Å²) in [6.45, 7) is 0.543. The van der Waals surface area contributed by atoms with Gasteiger partial charge in [-0.05, 0) is 35.4 Å². The summed E-state index contributed by atoms with van der Waals surface area (Å²) in [6.07, 6.45) is 2.09. The Kier molecular flexibility index (Phi) is 4.70. The number of nitrogens with one attached hydrogen (secondary N) is 1. The predicted octanol–water partition coefficient (Wildman–Crippen LogP) is 2.35. The zero-order valence-electron chi connectivity index (χ0n) is 10.3. The van der Waals surface area contributed by atoms with E-state index < -0.39 is 0 Å². The lowest BCUT2D eigenvalue weighted by Crippen LogP contribution is -2.00. The smallest absolute Gasteiger partial charge is 0.227 e. The highest BCUT2D eigenvalue weighted by Gasteiger charge is 1.95. The zero-order chi connectivity index (χ0) is 13.3. The van der Waals surface area contributed by atoms with Crippen LogP contribution in [0.4, 0.5) is 0 Å². The molecule has 4 nitrogen and oxygen atoms in total. The summed E-state index contributed by atoms with van der Waals surface area (Å²) in [4.78, 5) is 10.0. The fourth-order valence-corrected chi connectivity index (χ4v) is 1.53. The Balaban J connectivity index is 1.90. The first-order valence-corrected chi connectivity index (χ1v) is 5.87. The fourth-order valence-electron chi connectivity index (χ4n) is 1.53. The van der Waals surface area contributed by atoms with Crippen molar-refractivity contribution < 1.29 is 9.53 Å². The van der Waals surface area contributed by atoms with Crippen LogP contribution in [0.15, 0.2) is 59.7 Å². The van der Waals surface area contributed by atoms with Crippen molar-refractivity contribution in [2.24, 2.45) is 5.10 Å². The van der Waals surface area contributed by atoms with Gasteiger partial charge in [-0.25, -0.2) is 5.43 Å². The van der Waals surface area contributed by atoms with Gasteiger partial charge in [-0.15, -0.1) is 0 Å². The third-order valence-electron chi connectivity index (χ3n) is 2.47. The lowest BCUT2D eigenvalue weighted by Gasteiger charge is -2.06. The van der Waals surface area contributed by atoms with Crippen molar-refractivity contribution in [3.8, 4) is 5.75 Å². The molecule has 1 N–H and O–H groups in total. The first-order chi connectivity index (χ1) is 9.38. The number of nitrogens with zero attached hydrogens (tertiary/aromatic N) is 1. The highest BCUT2D eigenvalue weighted by atomic mass is 16.5. The van der Waals surface area contributed by atoms with E-state index in [0.29, 0.717) is 13.0 Å². The summed E-state index contributed by atoms with van der Waals surface area (Å²) in [5.41, 5.74) is 4.23. The number of carbonyl (C=O) groups excluding carboxylic acids is 1. The maximum Gasteiger partial charge on any atom is 0.227 e. The van der Waals surface area contributed by atoms with E-state index in [1.807, 2.05) is 54.6 Å². The summed E-state index contributed by atoms with van der Waals surface area (Å²) in [5.74, 6) is 0.796. The molecule has 0 aliphatic carbocycles. The molecule has 0 aromatic heterocycles. The minimum Gasteiger partial charge on any atom is -0.489 e. The molecule has 0 saturated heterocycles. The molecular formula is C15H14N2O2. The fraction of sp³-hybridized carbons (Fsp3) is 0.0667. The van der Waals surface area contributed by atoms with Crippen molar-refractivity contribution in [3.63, 3.8) is 0 Å². The number of hydrogen-bond acceptors (Lipinski definition) is 3. The van der Waals surface area contributed by atoms with E-state index >= 15 is 0 Å². The van der Waals surface area contributed by atoms with Gasteiger partial charge >= 0.3 is 0 Å². The molecular weight excluding hydrogens is 240 g/mol. The monoisotopic (exact) mass is 254 g/mol. The minimum absolute atomic E-state index is 0.522. The van der Waals surface area contributed by atoms with Gasteiger partial charge in [0.1, 0.15) is 12.4 Å². The van der Waals surface area contributed by atoms with E-state index in [1.165, 1.54) is 0 Å². The molecule has 0 heterocycles. The maximum atomic E-state index is 10.0. The van der Waals surface area contributed by atoms with Crippen LogP contribution < -0.4 is 10.2 Å². The van der Waals surface area contributed by atoms with Crippen LogP contribution in [-0.2, 0) is 11.4 Å². The van der Waals surface area contributed by atoms with Crippen molar-refractivity contribution in [2.75, 3.05) is 0 Å². The number of amides is 1. The molecule has 0 aliphatic rings. The van der Waals surface area contributed by atoms with Crippen LogP contribution in [0.25, 0.3) is 0 Å². The van der Waals surface area contributed by atoms with Crippen LogP contribution in [0.5, 0.6) is 5.75 Å². The van der Waals surface area contributed by atoms with Crippen molar-refractivity contribution in [3.05, 3.63) is 65.7 Å². The maximum absolute atomic E-state index is 10.0. The van der Waals surface area contributed by atoms with Gasteiger partial charge in [0.25, 0.3) is 0 Å². The van der Waals surface area contributed by atoms with E-state index in [1.54, 1.807) is 6.21 Å². The van der Waals surface area contributed by atoms with Gasteiger partial charge in [0.15, 0.2) is 0 Å². The topological polar surface area (TPSA) is 50.7 Å². The molecule has 2 rings (SSSR count). The zero-order valence-corrected chi connectivity index (χ0v) is 10.3. The SMILES string of the molecule is O=CN/N=C/c1ccc(OCc2ccccc2)cc1. The number of ether oxygens (including phenoxy) is 1. The van der Waals surface area contributed by atoms with Gasteiger partial charge in [0, 0.05) is 0 Å². The Morgan fingerprint density at radius 3 is 2.47 bits per heavy atom. The summed E-state index contributed by atoms with van der Waals surface area (Å²) in [6, 6.07) is 17.5. The van der Waals surface area contributed by atoms with Crippen LogP contribution in [0.1, 0.15) is 11.1 Å². The molecule has 2 aromatic rings. The van der Waals surface area contributed by atoms with Crippen LogP contribution in [0.3, 0.4) is 0 Å². The summed E-state index contributed by atoms with van der Waals surface area (Å²) >= 11 is 0. The van der Waals surface area contributed by atoms with Crippen LogP contribution >= 0.6 is 0 Å². The molecule has 0 aliphatic heterocycles. The molecule has 1 amide bonds. The molecule has 4 heteroatoms. The number of benzene rings is 2. The van der Waals surface area contributed by atoms with Crippen LogP contribution in [0.2, 0.25) is 0 Å². The highest BCUT2D eigenvalue weighted by Crippen LogP contribution is 2.13. The summed E-state index contributed by atoms with van der Waals surface area (Å²) in [7, 11) is 0. The molecule has 0 fully saturated rings. The standard InChI is InChI=1S/C15H14N2O2/c18-12-17-16-10-13-6-8-15(9-7-13)19-11-14-4-2-1-3-5-14/h1-10,12H,11H2,(H,17,18)/b16-10+. The minimum atomic E-state index is 0.522. The first-order valence-electron chi connectivity index (χ1n) is 5.87. The molecule has 0 bridgehead atoms. The Morgan fingerprint density at radius 2 is 1.79 bits per heavy atom. The number of hydrogen-bond donors (Lipinski definition) is 1. The summed E-state index contributed by atoms with van der Waals surface area (Å²) < 4.78 is 5.66. The van der Waals surface area contributed by atoms with Gasteiger partial charge in [0.2, 0.25) is 6.41 Å². The van der Waals surface area contributed by atoms with Crippen LogP contribution in [-0.4, -0.2) is 12.6 Å². The molecule has 0 saturated carbocycles. The Bertz CT molecular complexity index is 536. The molecule has 96 valence electrons. The van der Waals surface area contributed by atoms with Gasteiger partial charge in [-0.3, -0.25) is 4.79 Å². The summed E-state index contributed by atoms with van der Waals surface area (Å²) in [5, 5.41) is 3.70. The van der Waals surface area contributed by atoms with Gasteiger partial charge < -0.3 is 4.74 Å². The van der Waals surface area contributed by atoms with Crippen molar-refractivity contribution in [1.82, 2.24) is 5.43 Å². The normalized spacial score (nSPS) is 10.3. The lowest BCUT2D eigenvalue weighted by molar-refractivity contribution is -0.109. The molecule has 19 heavy (non-hydrogen) atoms. The third-order valence-corrected chi connectivity index (χ3v) is 2.47. The molecule has 0 spiro atoms. The number of carbonyl (C=O) groups is 1. The average molecular weight is 254 g/mol. The second-order valence-corrected chi connectivity index (χ2v) is 3.85. The Hall–Kier alpha value is -2.62. The third kappa shape index (κ3) is 4.27. The lowest BCUT2D eigenvalue weighted by atomic mass is 10.2. The average Bonchev–Trinajstić information content (AvgIpc) is 2.48. The second-order valence-electron chi connectivity index (χ2n) is 3.85. The van der Waals surface area contributed by atoms with Gasteiger partial charge in [-0.1, -0.05) is 30.3 Å². The van der Waals surface area contributed by atoms with E-state index in [9.17, 15) is 4.79 Å². The molecule has 0 atom stereocenters. The molecule has 2 aromatic carbocycles. The van der Waals surface area contributed by atoms with E-state index in [-0.39, 0.29) is 0 Å². The molecule has 0 unspecified atom stereocenters. The van der Waals surface area contributed by atoms with Gasteiger partial charge in [-0.2, -0.15) is 5.10 Å². The highest BCUT2D eigenvalue weighted by molar-refractivity contribution is 5.80. The van der Waals surface area contributed by atoms with Crippen molar-refractivity contribution in [1.29, 1.82) is 0 Å². The first kappa shape index (κ1) is 12.8. The number of rotatable bonds is 6. The van der Waals surface area contributed by atoms with Crippen molar-refractivity contribution in [2.45, 2.75) is 6.61 Å². The van der Waals surface area contributed by atoms with Gasteiger partial charge in [0.05, 0.1) is 6.21 Å².